The van der Waals surface area contributed by atoms with Gasteiger partial charge < -0.3 is 5.73 Å². The molecule has 2 amide bonds. The number of benzene rings is 1. The number of primary amides is 1. The van der Waals surface area contributed by atoms with Crippen LogP contribution >= 0.6 is 12.8 Å². The second kappa shape index (κ2) is 3.95. The Morgan fingerprint density at radius 2 is 1.77 bits per heavy atom. The van der Waals surface area contributed by atoms with Crippen LogP contribution in [0.15, 0.2) is 24.3 Å². The molecule has 1 aromatic carbocycles. The quantitative estimate of drug-likeness (QED) is 0.597. The summed E-state index contributed by atoms with van der Waals surface area (Å²) in [6.07, 6.45) is 0. The first-order chi connectivity index (χ1) is 6.16. The number of nitrogens with two attached hydrogens (primary N) is 1. The number of nitrogens with one attached hydrogen (secondary N) is 1. The Morgan fingerprint density at radius 3 is 2.23 bits per heavy atom. The van der Waals surface area contributed by atoms with E-state index in [-0.39, 0.29) is 11.1 Å². The van der Waals surface area contributed by atoms with Crippen LogP contribution in [0.3, 0.4) is 0 Å². The fourth-order valence-corrected chi connectivity index (χ4v) is 1.08. The summed E-state index contributed by atoms with van der Waals surface area (Å²) in [5.74, 6) is -1.08. The Morgan fingerprint density at radius 1 is 1.23 bits per heavy atom. The number of hydrogen-bond donors (Lipinski definition) is 3. The number of carbonyl (C=O) groups excluding carboxylic acids is 2. The molecule has 13 heavy (non-hydrogen) atoms. The van der Waals surface area contributed by atoms with Gasteiger partial charge in [0.1, 0.15) is 0 Å². The average Bonchev–Trinajstić information content (AvgIpc) is 2.16. The molecule has 0 atom stereocenters. The molecule has 0 bridgehead atoms. The van der Waals surface area contributed by atoms with E-state index < -0.39 is 11.8 Å². The van der Waals surface area contributed by atoms with Crippen molar-refractivity contribution >= 4 is 24.6 Å². The summed E-state index contributed by atoms with van der Waals surface area (Å²) in [6.45, 7) is 0. The van der Waals surface area contributed by atoms with Gasteiger partial charge in [0.25, 0.3) is 5.91 Å². The highest BCUT2D eigenvalue weighted by molar-refractivity contribution is 7.78. The fourth-order valence-electron chi connectivity index (χ4n) is 0.956. The van der Waals surface area contributed by atoms with Gasteiger partial charge >= 0.3 is 0 Å². The molecule has 0 radical (unpaired) electrons. The zero-order valence-corrected chi connectivity index (χ0v) is 7.54. The van der Waals surface area contributed by atoms with Crippen LogP contribution in [0.5, 0.6) is 0 Å². The normalized spacial score (nSPS) is 9.31. The Kier molecular flexibility index (Phi) is 2.92. The third-order valence-electron chi connectivity index (χ3n) is 1.54. The van der Waals surface area contributed by atoms with Gasteiger partial charge in [0.15, 0.2) is 0 Å². The van der Waals surface area contributed by atoms with Gasteiger partial charge in [0, 0.05) is 0 Å². The van der Waals surface area contributed by atoms with Gasteiger partial charge in [0.05, 0.1) is 11.1 Å². The van der Waals surface area contributed by atoms with Crippen LogP contribution in [0.4, 0.5) is 0 Å². The maximum Gasteiger partial charge on any atom is 0.261 e. The summed E-state index contributed by atoms with van der Waals surface area (Å²) >= 11 is 3.59. The third-order valence-corrected chi connectivity index (χ3v) is 1.74. The van der Waals surface area contributed by atoms with Crippen LogP contribution in [0.25, 0.3) is 0 Å². The molecule has 0 aliphatic carbocycles. The maximum absolute atomic E-state index is 11.1. The molecule has 0 aliphatic rings. The molecule has 68 valence electrons. The fraction of sp³-hybridized carbons (Fsp3) is 0. The minimum Gasteiger partial charge on any atom is -0.366 e. The van der Waals surface area contributed by atoms with Crippen LogP contribution in [0, 0.1) is 0 Å². The van der Waals surface area contributed by atoms with E-state index in [2.05, 4.69) is 17.5 Å². The number of rotatable bonds is 2. The summed E-state index contributed by atoms with van der Waals surface area (Å²) in [6, 6.07) is 6.27. The lowest BCUT2D eigenvalue weighted by molar-refractivity contribution is 0.0958. The zero-order chi connectivity index (χ0) is 9.84. The molecule has 0 heterocycles. The predicted octanol–water partition coefficient (Wildman–Crippen LogP) is 0.360. The standard InChI is InChI=1S/C8H8N2O2S/c9-7(11)5-3-1-2-4-6(5)8(12)10-13/h1-4,13H,(H2,9,11)(H,10,12). The highest BCUT2D eigenvalue weighted by atomic mass is 32.1. The van der Waals surface area contributed by atoms with Crippen LogP contribution in [-0.2, 0) is 0 Å². The number of hydrogen-bond acceptors (Lipinski definition) is 3. The van der Waals surface area contributed by atoms with E-state index in [9.17, 15) is 9.59 Å². The molecule has 1 rings (SSSR count). The van der Waals surface area contributed by atoms with Crippen molar-refractivity contribution in [3.63, 3.8) is 0 Å². The first-order valence-corrected chi connectivity index (χ1v) is 3.95. The molecule has 1 aromatic rings. The first kappa shape index (κ1) is 9.60. The smallest absolute Gasteiger partial charge is 0.261 e. The molecule has 5 heteroatoms. The molecule has 0 aliphatic heterocycles. The summed E-state index contributed by atoms with van der Waals surface area (Å²) in [4.78, 5) is 22.0. The van der Waals surface area contributed by atoms with E-state index in [1.807, 2.05) is 0 Å². The van der Waals surface area contributed by atoms with E-state index >= 15 is 0 Å². The lowest BCUT2D eigenvalue weighted by Gasteiger charge is -2.03. The van der Waals surface area contributed by atoms with Crippen molar-refractivity contribution in [2.24, 2.45) is 5.73 Å². The van der Waals surface area contributed by atoms with Crippen molar-refractivity contribution in [2.75, 3.05) is 0 Å². The largest absolute Gasteiger partial charge is 0.366 e. The van der Waals surface area contributed by atoms with Crippen molar-refractivity contribution < 1.29 is 9.59 Å². The first-order valence-electron chi connectivity index (χ1n) is 3.50. The monoisotopic (exact) mass is 196 g/mol. The van der Waals surface area contributed by atoms with Gasteiger partial charge in [-0.15, -0.1) is 0 Å². The molecule has 0 aromatic heterocycles. The highest BCUT2D eigenvalue weighted by Crippen LogP contribution is 2.07. The van der Waals surface area contributed by atoms with E-state index in [4.69, 9.17) is 5.73 Å². The Hall–Kier alpha value is -1.49. The minimum atomic E-state index is -0.632. The number of amides is 2. The molecular formula is C8H8N2O2S. The summed E-state index contributed by atoms with van der Waals surface area (Å²) < 4.78 is 2.12. The number of carbonyl (C=O) groups is 2. The molecular weight excluding hydrogens is 188 g/mol. The Labute approximate surface area is 80.7 Å². The SMILES string of the molecule is NC(=O)c1ccccc1C(=O)NS. The van der Waals surface area contributed by atoms with E-state index in [1.165, 1.54) is 12.1 Å². The van der Waals surface area contributed by atoms with Crippen molar-refractivity contribution in [3.8, 4) is 0 Å². The summed E-state index contributed by atoms with van der Waals surface area (Å²) in [5, 5.41) is 0. The van der Waals surface area contributed by atoms with Gasteiger partial charge in [-0.25, -0.2) is 0 Å². The maximum atomic E-state index is 11.1. The van der Waals surface area contributed by atoms with Gasteiger partial charge in [-0.2, -0.15) is 0 Å². The lowest BCUT2D eigenvalue weighted by atomic mass is 10.1. The van der Waals surface area contributed by atoms with Crippen molar-refractivity contribution in [1.29, 1.82) is 0 Å². The molecule has 3 N–H and O–H groups in total. The van der Waals surface area contributed by atoms with Crippen molar-refractivity contribution in [2.45, 2.75) is 0 Å². The molecule has 0 spiro atoms. The second-order valence-corrected chi connectivity index (χ2v) is 2.57. The van der Waals surface area contributed by atoms with Crippen LogP contribution in [0.1, 0.15) is 20.7 Å². The van der Waals surface area contributed by atoms with Gasteiger partial charge in [-0.1, -0.05) is 24.9 Å². The zero-order valence-electron chi connectivity index (χ0n) is 6.65. The molecule has 0 saturated carbocycles. The van der Waals surface area contributed by atoms with Gasteiger partial charge in [0.2, 0.25) is 5.91 Å². The molecule has 0 fully saturated rings. The van der Waals surface area contributed by atoms with E-state index in [0.29, 0.717) is 0 Å². The van der Waals surface area contributed by atoms with Crippen LogP contribution in [0.2, 0.25) is 0 Å². The van der Waals surface area contributed by atoms with E-state index in [1.54, 1.807) is 12.1 Å². The topological polar surface area (TPSA) is 72.2 Å². The van der Waals surface area contributed by atoms with Gasteiger partial charge in [-0.05, 0) is 12.1 Å². The molecule has 0 unspecified atom stereocenters. The summed E-state index contributed by atoms with van der Waals surface area (Å²) in [5.41, 5.74) is 5.48. The number of thiol groups is 1. The predicted molar refractivity (Wildman–Crippen MR) is 51.4 cm³/mol. The summed E-state index contributed by atoms with van der Waals surface area (Å²) in [7, 11) is 0. The molecule has 0 saturated heterocycles. The lowest BCUT2D eigenvalue weighted by Crippen LogP contribution is -2.20. The van der Waals surface area contributed by atoms with Crippen molar-refractivity contribution in [1.82, 2.24) is 4.72 Å². The second-order valence-electron chi connectivity index (χ2n) is 2.35. The Bertz CT molecular complexity index is 352. The third kappa shape index (κ3) is 2.00. The minimum absolute atomic E-state index is 0.189. The van der Waals surface area contributed by atoms with Crippen LogP contribution in [-0.4, -0.2) is 11.8 Å². The average molecular weight is 196 g/mol. The molecule has 4 nitrogen and oxygen atoms in total. The van der Waals surface area contributed by atoms with Gasteiger partial charge in [-0.3, -0.25) is 14.3 Å². The van der Waals surface area contributed by atoms with Crippen molar-refractivity contribution in [3.05, 3.63) is 35.4 Å². The highest BCUT2D eigenvalue weighted by Gasteiger charge is 2.12. The Balaban J connectivity index is 3.19. The van der Waals surface area contributed by atoms with Crippen LogP contribution < -0.4 is 10.5 Å². The van der Waals surface area contributed by atoms with E-state index in [0.717, 1.165) is 0 Å².